The molecule has 1 aliphatic heterocycles. The second-order valence-corrected chi connectivity index (χ2v) is 5.58. The van der Waals surface area contributed by atoms with Gasteiger partial charge in [0.25, 0.3) is 11.8 Å². The molecule has 0 radical (unpaired) electrons. The van der Waals surface area contributed by atoms with Crippen LogP contribution in [0.2, 0.25) is 0 Å². The van der Waals surface area contributed by atoms with Crippen LogP contribution in [0.25, 0.3) is 10.8 Å². The molecule has 1 aliphatic rings. The highest BCUT2D eigenvalue weighted by atomic mass is 16.3. The summed E-state index contributed by atoms with van der Waals surface area (Å²) in [4.78, 5) is 26.9. The van der Waals surface area contributed by atoms with Crippen molar-refractivity contribution in [1.29, 1.82) is 0 Å². The summed E-state index contributed by atoms with van der Waals surface area (Å²) in [6.45, 7) is 1.77. The Morgan fingerprint density at radius 2 is 1.57 bits per heavy atom. The first kappa shape index (κ1) is 13.5. The van der Waals surface area contributed by atoms with Crippen molar-refractivity contribution in [3.8, 4) is 5.75 Å². The molecule has 4 heteroatoms. The molecule has 0 bridgehead atoms. The van der Waals surface area contributed by atoms with Crippen LogP contribution < -0.4 is 4.90 Å². The van der Waals surface area contributed by atoms with Crippen molar-refractivity contribution < 1.29 is 14.7 Å². The number of imide groups is 1. The normalized spacial score (nSPS) is 13.7. The quantitative estimate of drug-likeness (QED) is 0.698. The van der Waals surface area contributed by atoms with Crippen LogP contribution in [0.5, 0.6) is 5.75 Å². The molecule has 0 spiro atoms. The van der Waals surface area contributed by atoms with E-state index in [9.17, 15) is 14.7 Å². The molecule has 3 aromatic carbocycles. The lowest BCUT2D eigenvalue weighted by Gasteiger charge is -2.27. The van der Waals surface area contributed by atoms with Crippen molar-refractivity contribution in [3.63, 3.8) is 0 Å². The summed E-state index contributed by atoms with van der Waals surface area (Å²) in [7, 11) is 0. The lowest BCUT2D eigenvalue weighted by molar-refractivity contribution is 0.0893. The third-order valence-corrected chi connectivity index (χ3v) is 4.28. The van der Waals surface area contributed by atoms with E-state index in [-0.39, 0.29) is 11.7 Å². The summed E-state index contributed by atoms with van der Waals surface area (Å²) in [5.74, 6) is -0.704. The van der Waals surface area contributed by atoms with Gasteiger partial charge in [0, 0.05) is 10.9 Å². The van der Waals surface area contributed by atoms with Crippen molar-refractivity contribution >= 4 is 28.3 Å². The van der Waals surface area contributed by atoms with Crippen LogP contribution >= 0.6 is 0 Å². The van der Waals surface area contributed by atoms with Crippen molar-refractivity contribution in [2.45, 2.75) is 6.92 Å². The number of hydrogen-bond acceptors (Lipinski definition) is 3. The van der Waals surface area contributed by atoms with Gasteiger partial charge < -0.3 is 5.11 Å². The van der Waals surface area contributed by atoms with E-state index >= 15 is 0 Å². The van der Waals surface area contributed by atoms with Crippen LogP contribution in [-0.4, -0.2) is 16.9 Å². The first-order valence-electron chi connectivity index (χ1n) is 7.28. The largest absolute Gasteiger partial charge is 0.508 e. The molecule has 0 aromatic heterocycles. The number of phenols is 1. The van der Waals surface area contributed by atoms with Gasteiger partial charge >= 0.3 is 0 Å². The standard InChI is InChI=1S/C19H13NO3/c1-11-13-8-5-9-14-17(13)15(10-16(11)21)19(23)20(18(14)22)12-6-3-2-4-7-12/h2-10,21H,1H3. The Morgan fingerprint density at radius 3 is 2.30 bits per heavy atom. The Bertz CT molecular complexity index is 977. The Morgan fingerprint density at radius 1 is 0.870 bits per heavy atom. The van der Waals surface area contributed by atoms with Crippen LogP contribution in [0.3, 0.4) is 0 Å². The molecule has 3 aromatic rings. The van der Waals surface area contributed by atoms with Crippen molar-refractivity contribution in [2.24, 2.45) is 0 Å². The molecule has 0 saturated carbocycles. The number of para-hydroxylation sites is 1. The molecule has 4 nitrogen and oxygen atoms in total. The maximum atomic E-state index is 12.9. The van der Waals surface area contributed by atoms with E-state index < -0.39 is 5.91 Å². The molecule has 1 N–H and O–H groups in total. The molecular formula is C19H13NO3. The molecule has 0 atom stereocenters. The summed E-state index contributed by atoms with van der Waals surface area (Å²) in [5, 5.41) is 11.5. The first-order chi connectivity index (χ1) is 11.1. The number of hydrogen-bond donors (Lipinski definition) is 1. The van der Waals surface area contributed by atoms with Gasteiger partial charge in [0.05, 0.1) is 11.3 Å². The molecule has 4 rings (SSSR count). The second-order valence-electron chi connectivity index (χ2n) is 5.58. The minimum Gasteiger partial charge on any atom is -0.508 e. The number of nitrogens with zero attached hydrogens (tertiary/aromatic N) is 1. The van der Waals surface area contributed by atoms with Crippen LogP contribution in [0.1, 0.15) is 26.3 Å². The first-order valence-corrected chi connectivity index (χ1v) is 7.28. The van der Waals surface area contributed by atoms with Gasteiger partial charge in [0.2, 0.25) is 0 Å². The summed E-state index contributed by atoms with van der Waals surface area (Å²) in [5.41, 5.74) is 2.01. The zero-order valence-corrected chi connectivity index (χ0v) is 12.4. The Balaban J connectivity index is 2.06. The average molecular weight is 303 g/mol. The fourth-order valence-corrected chi connectivity index (χ4v) is 3.10. The van der Waals surface area contributed by atoms with Gasteiger partial charge in [0.1, 0.15) is 5.75 Å². The smallest absolute Gasteiger partial charge is 0.266 e. The highest BCUT2D eigenvalue weighted by Gasteiger charge is 2.34. The Kier molecular flexibility index (Phi) is 2.75. The van der Waals surface area contributed by atoms with E-state index in [1.165, 1.54) is 6.07 Å². The summed E-state index contributed by atoms with van der Waals surface area (Å²) in [6.07, 6.45) is 0. The predicted octanol–water partition coefficient (Wildman–Crippen LogP) is 3.65. The lowest BCUT2D eigenvalue weighted by atomic mass is 9.91. The van der Waals surface area contributed by atoms with Gasteiger partial charge in [0.15, 0.2) is 0 Å². The van der Waals surface area contributed by atoms with Gasteiger partial charge in [-0.3, -0.25) is 9.59 Å². The topological polar surface area (TPSA) is 57.6 Å². The van der Waals surface area contributed by atoms with E-state index in [1.807, 2.05) is 12.1 Å². The van der Waals surface area contributed by atoms with Crippen molar-refractivity contribution in [2.75, 3.05) is 4.90 Å². The van der Waals surface area contributed by atoms with E-state index in [0.29, 0.717) is 27.8 Å². The van der Waals surface area contributed by atoms with Crippen molar-refractivity contribution in [1.82, 2.24) is 0 Å². The van der Waals surface area contributed by atoms with E-state index in [2.05, 4.69) is 0 Å². The molecule has 0 saturated heterocycles. The molecule has 1 heterocycles. The van der Waals surface area contributed by atoms with Crippen LogP contribution in [0, 0.1) is 6.92 Å². The minimum absolute atomic E-state index is 0.0559. The number of amides is 2. The third kappa shape index (κ3) is 1.78. The van der Waals surface area contributed by atoms with Gasteiger partial charge in [-0.2, -0.15) is 0 Å². The number of aromatic hydroxyl groups is 1. The van der Waals surface area contributed by atoms with Gasteiger partial charge in [-0.15, -0.1) is 0 Å². The lowest BCUT2D eigenvalue weighted by Crippen LogP contribution is -2.40. The molecule has 2 amide bonds. The maximum Gasteiger partial charge on any atom is 0.266 e. The Hall–Kier alpha value is -3.14. The van der Waals surface area contributed by atoms with Crippen LogP contribution in [0.4, 0.5) is 5.69 Å². The molecule has 0 unspecified atom stereocenters. The molecular weight excluding hydrogens is 290 g/mol. The number of aryl methyl sites for hydroxylation is 1. The van der Waals surface area contributed by atoms with Crippen molar-refractivity contribution in [3.05, 3.63) is 71.3 Å². The fourth-order valence-electron chi connectivity index (χ4n) is 3.10. The Labute approximate surface area is 132 Å². The number of carbonyl (C=O) groups is 2. The van der Waals surface area contributed by atoms with Gasteiger partial charge in [-0.1, -0.05) is 30.3 Å². The van der Waals surface area contributed by atoms with Crippen LogP contribution in [-0.2, 0) is 0 Å². The molecule has 112 valence electrons. The molecule has 0 fully saturated rings. The monoisotopic (exact) mass is 303 g/mol. The zero-order valence-electron chi connectivity index (χ0n) is 12.4. The van der Waals surface area contributed by atoms with E-state index in [0.717, 1.165) is 10.3 Å². The number of phenolic OH excluding ortho intramolecular Hbond substituents is 1. The zero-order chi connectivity index (χ0) is 16.1. The van der Waals surface area contributed by atoms with E-state index in [1.54, 1.807) is 43.3 Å². The third-order valence-electron chi connectivity index (χ3n) is 4.28. The van der Waals surface area contributed by atoms with Crippen LogP contribution in [0.15, 0.2) is 54.6 Å². The SMILES string of the molecule is Cc1c(O)cc2c3c(cccc13)C(=O)N(c1ccccc1)C2=O. The summed E-state index contributed by atoms with van der Waals surface area (Å²) >= 11 is 0. The summed E-state index contributed by atoms with van der Waals surface area (Å²) in [6, 6.07) is 15.6. The highest BCUT2D eigenvalue weighted by molar-refractivity contribution is 6.36. The highest BCUT2D eigenvalue weighted by Crippen LogP contribution is 2.37. The molecule has 0 aliphatic carbocycles. The number of carbonyl (C=O) groups excluding carboxylic acids is 2. The van der Waals surface area contributed by atoms with Gasteiger partial charge in [-0.25, -0.2) is 4.90 Å². The second kappa shape index (κ2) is 4.68. The fraction of sp³-hybridized carbons (Fsp3) is 0.0526. The molecule has 23 heavy (non-hydrogen) atoms. The number of benzene rings is 3. The van der Waals surface area contributed by atoms with E-state index in [4.69, 9.17) is 0 Å². The minimum atomic E-state index is -0.416. The average Bonchev–Trinajstić information content (AvgIpc) is 2.57. The predicted molar refractivity (Wildman–Crippen MR) is 87.9 cm³/mol. The number of anilines is 1. The maximum absolute atomic E-state index is 12.9. The van der Waals surface area contributed by atoms with Gasteiger partial charge in [-0.05, 0) is 42.1 Å². The number of rotatable bonds is 1. The summed E-state index contributed by atoms with van der Waals surface area (Å²) < 4.78 is 0.